The topological polar surface area (TPSA) is 114 Å². The first kappa shape index (κ1) is 50.9. The lowest BCUT2D eigenvalue weighted by atomic mass is 10.0. The number of rotatable bonds is 14. The molecule has 16 heteroatoms. The third-order valence-electron chi connectivity index (χ3n) is 16.7. The van der Waals surface area contributed by atoms with Crippen LogP contribution in [-0.4, -0.2) is 182 Å². The molecule has 2 aromatic heterocycles. The minimum atomic E-state index is -0.824. The monoisotopic (exact) mass is 1010 g/mol. The Kier molecular flexibility index (Phi) is 16.3. The fourth-order valence-corrected chi connectivity index (χ4v) is 12.0. The molecule has 6 aliphatic heterocycles. The van der Waals surface area contributed by atoms with Crippen LogP contribution in [0.15, 0.2) is 24.3 Å². The maximum Gasteiger partial charge on any atom is 0.227 e. The first-order valence-electron chi connectivity index (χ1n) is 28.3. The largest absolute Gasteiger partial charge is 0.495 e. The highest BCUT2D eigenvalue weighted by molar-refractivity contribution is 5.94. The van der Waals surface area contributed by atoms with E-state index >= 15 is 0 Å². The Labute approximate surface area is 437 Å². The van der Waals surface area contributed by atoms with Crippen LogP contribution in [0.1, 0.15) is 114 Å². The molecule has 8 aliphatic rings. The average Bonchev–Trinajstić information content (AvgIpc) is 4.19. The zero-order valence-electron chi connectivity index (χ0n) is 44.0. The first-order chi connectivity index (χ1) is 36.3. The molecule has 2 aromatic carbocycles. The zero-order valence-corrected chi connectivity index (χ0v) is 44.0. The minimum Gasteiger partial charge on any atom is -0.495 e. The molecule has 2 N–H and O–H groups in total. The lowest BCUT2D eigenvalue weighted by Gasteiger charge is -2.33. The van der Waals surface area contributed by atoms with Crippen molar-refractivity contribution in [2.24, 2.45) is 0 Å². The summed E-state index contributed by atoms with van der Waals surface area (Å²) in [6.45, 7) is 13.3. The van der Waals surface area contributed by atoms with Crippen molar-refractivity contribution in [3.05, 3.63) is 35.4 Å². The second-order valence-electron chi connectivity index (χ2n) is 22.1. The normalized spacial score (nSPS) is 23.4. The molecule has 6 saturated heterocycles. The van der Waals surface area contributed by atoms with Gasteiger partial charge in [0.2, 0.25) is 11.9 Å². The van der Waals surface area contributed by atoms with Crippen molar-refractivity contribution in [3.8, 4) is 35.2 Å². The standard InChI is InChI=1S/2C29H39FN6O/c2*1-37-27-19-25-26(18-21(27)6-2-3-12-34-13-4-5-14-34)32-29(36-15-9-22(30)20-36)33-28(25)31-23-10-16-35(17-11-23)24-7-8-24/h2*18-19,22-24H,3-5,7-17,20H2,1H3,(H,31,32,33)/t2*22-/m11/s1. The van der Waals surface area contributed by atoms with E-state index in [0.29, 0.717) is 63.0 Å². The Morgan fingerprint density at radius 1 is 0.514 bits per heavy atom. The van der Waals surface area contributed by atoms with E-state index in [1.807, 2.05) is 34.1 Å². The summed E-state index contributed by atoms with van der Waals surface area (Å²) in [5, 5.41) is 9.34. The van der Waals surface area contributed by atoms with Gasteiger partial charge in [0.15, 0.2) is 0 Å². The molecule has 8 fully saturated rings. The Morgan fingerprint density at radius 2 is 0.919 bits per heavy atom. The molecule has 0 bridgehead atoms. The van der Waals surface area contributed by atoms with Crippen molar-refractivity contribution in [1.29, 1.82) is 0 Å². The lowest BCUT2D eigenvalue weighted by molar-refractivity contribution is 0.210. The third-order valence-corrected chi connectivity index (χ3v) is 16.7. The van der Waals surface area contributed by atoms with Gasteiger partial charge in [-0.25, -0.2) is 18.7 Å². The molecule has 12 rings (SSSR count). The lowest BCUT2D eigenvalue weighted by Crippen LogP contribution is -2.40. The Bertz CT molecular complexity index is 2500. The summed E-state index contributed by atoms with van der Waals surface area (Å²) in [5.74, 6) is 17.7. The van der Waals surface area contributed by atoms with E-state index in [-0.39, 0.29) is 0 Å². The van der Waals surface area contributed by atoms with Gasteiger partial charge in [-0.1, -0.05) is 23.7 Å². The van der Waals surface area contributed by atoms with E-state index in [2.05, 4.69) is 53.9 Å². The molecule has 396 valence electrons. The predicted molar refractivity (Wildman–Crippen MR) is 292 cm³/mol. The van der Waals surface area contributed by atoms with Gasteiger partial charge in [0, 0.05) is 100 Å². The van der Waals surface area contributed by atoms with Gasteiger partial charge in [0.25, 0.3) is 0 Å². The van der Waals surface area contributed by atoms with Gasteiger partial charge >= 0.3 is 0 Å². The van der Waals surface area contributed by atoms with Crippen molar-refractivity contribution in [1.82, 2.24) is 39.5 Å². The SMILES string of the molecule is COc1cc2c(NC3CCN(C4CC4)CC3)nc(N3CC[C@@H](F)C3)nc2cc1C#CCCN1CCCC1.COc1cc2c(NC3CCN(C4CC4)CC3)nc(N3CC[C@@H](F)C3)nc2cc1C#CCCN1CCCC1. The molecule has 14 nitrogen and oxygen atoms in total. The number of anilines is 4. The van der Waals surface area contributed by atoms with Gasteiger partial charge in [0.1, 0.15) is 35.5 Å². The number of hydrogen-bond donors (Lipinski definition) is 2. The number of benzene rings is 2. The van der Waals surface area contributed by atoms with E-state index in [4.69, 9.17) is 29.4 Å². The number of hydrogen-bond acceptors (Lipinski definition) is 14. The summed E-state index contributed by atoms with van der Waals surface area (Å²) in [6, 6.07) is 10.4. The molecule has 74 heavy (non-hydrogen) atoms. The molecule has 8 heterocycles. The van der Waals surface area contributed by atoms with Gasteiger partial charge in [-0.05, 0) is 140 Å². The van der Waals surface area contributed by atoms with Crippen molar-refractivity contribution in [2.45, 2.75) is 139 Å². The van der Waals surface area contributed by atoms with Crippen LogP contribution in [0.25, 0.3) is 21.8 Å². The van der Waals surface area contributed by atoms with Crippen LogP contribution in [0.4, 0.5) is 32.3 Å². The molecule has 0 radical (unpaired) electrons. The highest BCUT2D eigenvalue weighted by Gasteiger charge is 2.34. The van der Waals surface area contributed by atoms with Crippen LogP contribution in [0.2, 0.25) is 0 Å². The van der Waals surface area contributed by atoms with Crippen molar-refractivity contribution in [2.75, 3.05) is 126 Å². The molecule has 0 unspecified atom stereocenters. The summed E-state index contributed by atoms with van der Waals surface area (Å²) in [6.07, 6.45) is 16.1. The number of nitrogens with one attached hydrogen (secondary N) is 2. The Hall–Kier alpha value is -5.26. The van der Waals surface area contributed by atoms with Gasteiger partial charge in [-0.3, -0.25) is 0 Å². The van der Waals surface area contributed by atoms with E-state index in [0.717, 1.165) is 146 Å². The van der Waals surface area contributed by atoms with E-state index in [1.165, 1.54) is 77.5 Å². The van der Waals surface area contributed by atoms with E-state index < -0.39 is 12.3 Å². The molecule has 0 spiro atoms. The number of likely N-dealkylation sites (tertiary alicyclic amines) is 4. The molecular weight excluding hydrogens is 935 g/mol. The van der Waals surface area contributed by atoms with Crippen molar-refractivity contribution in [3.63, 3.8) is 0 Å². The summed E-state index contributed by atoms with van der Waals surface area (Å²) >= 11 is 0. The summed E-state index contributed by atoms with van der Waals surface area (Å²) in [4.78, 5) is 33.8. The van der Waals surface area contributed by atoms with Gasteiger partial charge in [-0.2, -0.15) is 9.97 Å². The minimum absolute atomic E-state index is 0.351. The maximum absolute atomic E-state index is 14.0. The molecular formula is C58H78F2N12O2. The highest BCUT2D eigenvalue weighted by Crippen LogP contribution is 2.36. The second kappa shape index (κ2) is 23.7. The number of halogens is 2. The Morgan fingerprint density at radius 3 is 1.27 bits per heavy atom. The quantitative estimate of drug-likeness (QED) is 0.119. The molecule has 2 atom stereocenters. The van der Waals surface area contributed by atoms with E-state index in [9.17, 15) is 8.78 Å². The van der Waals surface area contributed by atoms with Crippen LogP contribution in [0.5, 0.6) is 11.5 Å². The number of nitrogens with zero attached hydrogens (tertiary/aromatic N) is 10. The van der Waals surface area contributed by atoms with Crippen molar-refractivity contribution < 1.29 is 18.3 Å². The number of piperidine rings is 2. The number of ether oxygens (including phenoxy) is 2. The fourth-order valence-electron chi connectivity index (χ4n) is 12.0. The molecule has 2 saturated carbocycles. The molecule has 4 aromatic rings. The highest BCUT2D eigenvalue weighted by atomic mass is 19.1. The third kappa shape index (κ3) is 12.7. The summed E-state index contributed by atoms with van der Waals surface area (Å²) in [7, 11) is 3.39. The second-order valence-corrected chi connectivity index (χ2v) is 22.1. The van der Waals surface area contributed by atoms with Crippen LogP contribution in [0.3, 0.4) is 0 Å². The zero-order chi connectivity index (χ0) is 50.4. The summed E-state index contributed by atoms with van der Waals surface area (Å²) < 4.78 is 39.6. The van der Waals surface area contributed by atoms with Crippen LogP contribution in [-0.2, 0) is 0 Å². The predicted octanol–water partition coefficient (Wildman–Crippen LogP) is 8.13. The van der Waals surface area contributed by atoms with Gasteiger partial charge in [-0.15, -0.1) is 0 Å². The van der Waals surface area contributed by atoms with Gasteiger partial charge in [0.05, 0.1) is 49.5 Å². The molecule has 0 amide bonds. The van der Waals surface area contributed by atoms with Crippen LogP contribution in [0, 0.1) is 23.7 Å². The Balaban J connectivity index is 0.000000159. The smallest absolute Gasteiger partial charge is 0.227 e. The molecule has 2 aliphatic carbocycles. The number of methoxy groups -OCH3 is 2. The number of fused-ring (bicyclic) bond motifs is 2. The van der Waals surface area contributed by atoms with Crippen molar-refractivity contribution >= 4 is 45.3 Å². The fraction of sp³-hybridized carbons (Fsp3) is 0.655. The first-order valence-corrected chi connectivity index (χ1v) is 28.3. The number of aromatic nitrogens is 4. The van der Waals surface area contributed by atoms with E-state index in [1.54, 1.807) is 14.2 Å². The number of alkyl halides is 2. The maximum atomic E-state index is 14.0. The average molecular weight is 1010 g/mol. The summed E-state index contributed by atoms with van der Waals surface area (Å²) in [5.41, 5.74) is 3.34. The van der Waals surface area contributed by atoms with Gasteiger partial charge < -0.3 is 49.5 Å². The van der Waals surface area contributed by atoms with Crippen LogP contribution < -0.4 is 29.9 Å². The van der Waals surface area contributed by atoms with Crippen LogP contribution >= 0.6 is 0 Å².